The molecule has 2 heterocycles. The van der Waals surface area contributed by atoms with Crippen LogP contribution in [0.4, 0.5) is 5.95 Å². The predicted octanol–water partition coefficient (Wildman–Crippen LogP) is 1.35. The summed E-state index contributed by atoms with van der Waals surface area (Å²) in [4.78, 5) is 6.86. The zero-order valence-electron chi connectivity index (χ0n) is 12.4. The summed E-state index contributed by atoms with van der Waals surface area (Å²) in [7, 11) is 0. The molecular formula is C15H22N4O2. The van der Waals surface area contributed by atoms with E-state index >= 15 is 0 Å². The third kappa shape index (κ3) is 2.96. The van der Waals surface area contributed by atoms with Gasteiger partial charge in [0.05, 0.1) is 25.3 Å². The number of aromatic nitrogens is 2. The molecule has 2 N–H and O–H groups in total. The van der Waals surface area contributed by atoms with Crippen molar-refractivity contribution in [2.24, 2.45) is 0 Å². The van der Waals surface area contributed by atoms with Crippen LogP contribution in [0.1, 0.15) is 6.92 Å². The van der Waals surface area contributed by atoms with Crippen LogP contribution in [0.2, 0.25) is 0 Å². The van der Waals surface area contributed by atoms with Gasteiger partial charge in [0.25, 0.3) is 0 Å². The third-order valence-electron chi connectivity index (χ3n) is 3.81. The maximum Gasteiger partial charge on any atom is 0.201 e. The van der Waals surface area contributed by atoms with Crippen molar-refractivity contribution in [3.8, 4) is 5.75 Å². The third-order valence-corrected chi connectivity index (χ3v) is 3.81. The highest BCUT2D eigenvalue weighted by molar-refractivity contribution is 5.84. The average molecular weight is 290 g/mol. The quantitative estimate of drug-likeness (QED) is 0.900. The van der Waals surface area contributed by atoms with E-state index in [2.05, 4.69) is 14.5 Å². The molecule has 1 aliphatic rings. The van der Waals surface area contributed by atoms with Crippen molar-refractivity contribution in [1.82, 2.24) is 14.5 Å². The van der Waals surface area contributed by atoms with Gasteiger partial charge in [0.15, 0.2) is 0 Å². The molecule has 2 aromatic rings. The van der Waals surface area contributed by atoms with Gasteiger partial charge < -0.3 is 19.8 Å². The fraction of sp³-hybridized carbons (Fsp3) is 0.533. The van der Waals surface area contributed by atoms with Gasteiger partial charge in [0.2, 0.25) is 5.95 Å². The number of morpholine rings is 1. The largest absolute Gasteiger partial charge is 0.492 e. The number of nitrogens with two attached hydrogens (primary N) is 1. The second kappa shape index (κ2) is 6.32. The number of hydrogen-bond donors (Lipinski definition) is 1. The van der Waals surface area contributed by atoms with Crippen molar-refractivity contribution < 1.29 is 9.47 Å². The van der Waals surface area contributed by atoms with Gasteiger partial charge in [-0.15, -0.1) is 0 Å². The van der Waals surface area contributed by atoms with Crippen LogP contribution in [0.15, 0.2) is 18.2 Å². The number of imidazole rings is 1. The predicted molar refractivity (Wildman–Crippen MR) is 82.6 cm³/mol. The van der Waals surface area contributed by atoms with Crippen molar-refractivity contribution in [2.75, 3.05) is 45.2 Å². The summed E-state index contributed by atoms with van der Waals surface area (Å²) in [6, 6.07) is 5.96. The number of rotatable bonds is 5. The summed E-state index contributed by atoms with van der Waals surface area (Å²) in [5, 5.41) is 0. The Kier molecular flexibility index (Phi) is 4.26. The topological polar surface area (TPSA) is 65.5 Å². The Labute approximate surface area is 124 Å². The van der Waals surface area contributed by atoms with Gasteiger partial charge in [-0.2, -0.15) is 0 Å². The second-order valence-electron chi connectivity index (χ2n) is 5.13. The smallest absolute Gasteiger partial charge is 0.201 e. The first-order valence-corrected chi connectivity index (χ1v) is 7.47. The molecule has 114 valence electrons. The van der Waals surface area contributed by atoms with Crippen molar-refractivity contribution >= 4 is 17.0 Å². The van der Waals surface area contributed by atoms with E-state index < -0.39 is 0 Å². The lowest BCUT2D eigenvalue weighted by Crippen LogP contribution is -2.38. The van der Waals surface area contributed by atoms with Gasteiger partial charge in [-0.1, -0.05) is 6.07 Å². The van der Waals surface area contributed by atoms with Crippen LogP contribution in [0.25, 0.3) is 11.0 Å². The highest BCUT2D eigenvalue weighted by atomic mass is 16.5. The zero-order valence-corrected chi connectivity index (χ0v) is 12.4. The number of para-hydroxylation sites is 1. The van der Waals surface area contributed by atoms with Crippen molar-refractivity contribution in [1.29, 1.82) is 0 Å². The van der Waals surface area contributed by atoms with Crippen molar-refractivity contribution in [2.45, 2.75) is 13.5 Å². The molecule has 0 saturated carbocycles. The Balaban J connectivity index is 1.81. The minimum atomic E-state index is 0.547. The number of ether oxygens (including phenoxy) is 2. The van der Waals surface area contributed by atoms with Crippen molar-refractivity contribution in [3.63, 3.8) is 0 Å². The number of nitrogen functional groups attached to an aromatic ring is 1. The Bertz CT molecular complexity index is 605. The molecule has 0 spiro atoms. The van der Waals surface area contributed by atoms with E-state index in [1.807, 2.05) is 25.1 Å². The fourth-order valence-corrected chi connectivity index (χ4v) is 2.71. The summed E-state index contributed by atoms with van der Waals surface area (Å²) in [5.41, 5.74) is 7.97. The summed E-state index contributed by atoms with van der Waals surface area (Å²) < 4.78 is 13.1. The highest BCUT2D eigenvalue weighted by Crippen LogP contribution is 2.27. The lowest BCUT2D eigenvalue weighted by atomic mass is 10.3. The molecule has 0 aliphatic carbocycles. The summed E-state index contributed by atoms with van der Waals surface area (Å²) in [5.74, 6) is 1.34. The Morgan fingerprint density at radius 2 is 2.10 bits per heavy atom. The van der Waals surface area contributed by atoms with Crippen LogP contribution in [-0.4, -0.2) is 53.9 Å². The fourth-order valence-electron chi connectivity index (χ4n) is 2.71. The number of benzene rings is 1. The lowest BCUT2D eigenvalue weighted by Gasteiger charge is -2.26. The van der Waals surface area contributed by atoms with E-state index in [1.54, 1.807) is 0 Å². The molecule has 6 nitrogen and oxygen atoms in total. The standard InChI is InChI=1S/C15H22N4O2/c1-2-21-13-5-3-4-12-14(13)17-15(16)19(12)7-6-18-8-10-20-11-9-18/h3-5H,2,6-11H2,1H3,(H2,16,17). The van der Waals surface area contributed by atoms with E-state index in [1.165, 1.54) is 0 Å². The van der Waals surface area contributed by atoms with Crippen LogP contribution >= 0.6 is 0 Å². The molecule has 1 aromatic carbocycles. The monoisotopic (exact) mass is 290 g/mol. The number of fused-ring (bicyclic) bond motifs is 1. The maximum absolute atomic E-state index is 6.09. The molecule has 1 saturated heterocycles. The zero-order chi connectivity index (χ0) is 14.7. The lowest BCUT2D eigenvalue weighted by molar-refractivity contribution is 0.0366. The molecule has 1 aromatic heterocycles. The molecule has 6 heteroatoms. The average Bonchev–Trinajstić information content (AvgIpc) is 2.83. The highest BCUT2D eigenvalue weighted by Gasteiger charge is 2.14. The van der Waals surface area contributed by atoms with Crippen LogP contribution in [-0.2, 0) is 11.3 Å². The molecule has 0 radical (unpaired) electrons. The molecule has 0 bridgehead atoms. The maximum atomic E-state index is 6.09. The first-order chi connectivity index (χ1) is 10.3. The second-order valence-corrected chi connectivity index (χ2v) is 5.13. The van der Waals surface area contributed by atoms with Gasteiger partial charge in [0, 0.05) is 26.2 Å². The van der Waals surface area contributed by atoms with Crippen LogP contribution in [0.5, 0.6) is 5.75 Å². The van der Waals surface area contributed by atoms with Gasteiger partial charge in [-0.05, 0) is 19.1 Å². The van der Waals surface area contributed by atoms with E-state index in [0.717, 1.165) is 56.2 Å². The van der Waals surface area contributed by atoms with Crippen molar-refractivity contribution in [3.05, 3.63) is 18.2 Å². The van der Waals surface area contributed by atoms with Gasteiger partial charge in [-0.3, -0.25) is 4.90 Å². The Morgan fingerprint density at radius 3 is 2.86 bits per heavy atom. The van der Waals surface area contributed by atoms with Crippen LogP contribution in [0, 0.1) is 0 Å². The van der Waals surface area contributed by atoms with E-state index in [-0.39, 0.29) is 0 Å². The minimum Gasteiger partial charge on any atom is -0.492 e. The first kappa shape index (κ1) is 14.2. The molecule has 0 amide bonds. The molecule has 21 heavy (non-hydrogen) atoms. The van der Waals surface area contributed by atoms with Gasteiger partial charge in [-0.25, -0.2) is 4.98 Å². The number of hydrogen-bond acceptors (Lipinski definition) is 5. The van der Waals surface area contributed by atoms with E-state index in [4.69, 9.17) is 15.2 Å². The summed E-state index contributed by atoms with van der Waals surface area (Å²) in [6.45, 7) is 7.98. The number of anilines is 1. The van der Waals surface area contributed by atoms with Crippen LogP contribution < -0.4 is 10.5 Å². The normalized spacial score (nSPS) is 16.4. The summed E-state index contributed by atoms with van der Waals surface area (Å²) >= 11 is 0. The molecule has 3 rings (SSSR count). The Hall–Kier alpha value is -1.79. The van der Waals surface area contributed by atoms with Gasteiger partial charge >= 0.3 is 0 Å². The minimum absolute atomic E-state index is 0.547. The molecule has 1 fully saturated rings. The SMILES string of the molecule is CCOc1cccc2c1nc(N)n2CCN1CCOCC1. The van der Waals surface area contributed by atoms with Crippen LogP contribution in [0.3, 0.4) is 0 Å². The summed E-state index contributed by atoms with van der Waals surface area (Å²) in [6.07, 6.45) is 0. The Morgan fingerprint density at radius 1 is 1.29 bits per heavy atom. The molecular weight excluding hydrogens is 268 g/mol. The first-order valence-electron chi connectivity index (χ1n) is 7.47. The molecule has 1 aliphatic heterocycles. The molecule has 0 unspecified atom stereocenters. The molecule has 0 atom stereocenters. The van der Waals surface area contributed by atoms with Gasteiger partial charge in [0.1, 0.15) is 11.3 Å². The number of nitrogens with zero attached hydrogens (tertiary/aromatic N) is 3. The van der Waals surface area contributed by atoms with E-state index in [0.29, 0.717) is 12.6 Å². The van der Waals surface area contributed by atoms with E-state index in [9.17, 15) is 0 Å².